The molecule has 0 radical (unpaired) electrons. The average Bonchev–Trinajstić information content (AvgIpc) is 2.67. The largest absolute Gasteiger partial charge is 0.367 e. The lowest BCUT2D eigenvalue weighted by Gasteiger charge is -2.42. The molecule has 6 nitrogen and oxygen atoms in total. The smallest absolute Gasteiger partial charge is 0.251 e. The summed E-state index contributed by atoms with van der Waals surface area (Å²) in [7, 11) is 0. The summed E-state index contributed by atoms with van der Waals surface area (Å²) >= 11 is 0. The van der Waals surface area contributed by atoms with Crippen LogP contribution < -0.4 is 5.73 Å². The van der Waals surface area contributed by atoms with Gasteiger partial charge in [0.15, 0.2) is 5.60 Å². The van der Waals surface area contributed by atoms with Crippen LogP contribution in [-0.4, -0.2) is 47.0 Å². The molecule has 0 spiro atoms. The molecule has 1 aromatic carbocycles. The van der Waals surface area contributed by atoms with Crippen LogP contribution >= 0.6 is 0 Å². The first-order valence-electron chi connectivity index (χ1n) is 9.44. The number of pyridine rings is 1. The molecule has 2 heterocycles. The molecule has 28 heavy (non-hydrogen) atoms. The van der Waals surface area contributed by atoms with Gasteiger partial charge in [0.1, 0.15) is 0 Å². The number of primary amides is 1. The predicted molar refractivity (Wildman–Crippen MR) is 107 cm³/mol. The van der Waals surface area contributed by atoms with Crippen LogP contribution in [-0.2, 0) is 20.7 Å². The summed E-state index contributed by atoms with van der Waals surface area (Å²) in [6, 6.07) is 11.8. The van der Waals surface area contributed by atoms with Gasteiger partial charge >= 0.3 is 0 Å². The number of aromatic nitrogens is 1. The Kier molecular flexibility index (Phi) is 5.52. The molecule has 1 aliphatic heterocycles. The minimum atomic E-state index is -1.23. The van der Waals surface area contributed by atoms with Crippen LogP contribution in [0.1, 0.15) is 26.3 Å². The Balaban J connectivity index is 1.87. The Hall–Kier alpha value is -2.73. The second kappa shape index (κ2) is 7.72. The van der Waals surface area contributed by atoms with Crippen molar-refractivity contribution in [3.63, 3.8) is 0 Å². The van der Waals surface area contributed by atoms with Crippen molar-refractivity contribution < 1.29 is 14.3 Å². The SMILES string of the molecule is CC(C)(C)C(=O)N1CCOC(Cc2cccc(-c3ccncc3)c2)(C(N)=O)C1. The number of amides is 2. The van der Waals surface area contributed by atoms with Crippen molar-refractivity contribution >= 4 is 11.8 Å². The minimum Gasteiger partial charge on any atom is -0.367 e. The van der Waals surface area contributed by atoms with Crippen molar-refractivity contribution in [2.75, 3.05) is 19.7 Å². The number of hydrogen-bond acceptors (Lipinski definition) is 4. The van der Waals surface area contributed by atoms with E-state index in [9.17, 15) is 9.59 Å². The number of benzene rings is 1. The van der Waals surface area contributed by atoms with Gasteiger partial charge in [-0.1, -0.05) is 45.0 Å². The topological polar surface area (TPSA) is 85.5 Å². The third-order valence-electron chi connectivity index (χ3n) is 4.99. The number of nitrogens with two attached hydrogens (primary N) is 1. The maximum Gasteiger partial charge on any atom is 0.251 e. The van der Waals surface area contributed by atoms with E-state index in [-0.39, 0.29) is 19.1 Å². The number of morpholine rings is 1. The average molecular weight is 381 g/mol. The number of carbonyl (C=O) groups excluding carboxylic acids is 2. The van der Waals surface area contributed by atoms with E-state index in [0.717, 1.165) is 16.7 Å². The quantitative estimate of drug-likeness (QED) is 0.881. The highest BCUT2D eigenvalue weighted by Crippen LogP contribution is 2.28. The molecule has 6 heteroatoms. The van der Waals surface area contributed by atoms with Crippen LogP contribution in [0, 0.1) is 5.41 Å². The zero-order chi connectivity index (χ0) is 20.4. The fraction of sp³-hybridized carbons (Fsp3) is 0.409. The molecule has 1 aromatic heterocycles. The third kappa shape index (κ3) is 4.22. The Bertz CT molecular complexity index is 861. The lowest BCUT2D eigenvalue weighted by molar-refractivity contribution is -0.167. The molecule has 0 bridgehead atoms. The number of ether oxygens (including phenoxy) is 1. The number of nitrogens with zero attached hydrogens (tertiary/aromatic N) is 2. The summed E-state index contributed by atoms with van der Waals surface area (Å²) in [5.74, 6) is -0.555. The van der Waals surface area contributed by atoms with Crippen molar-refractivity contribution in [1.29, 1.82) is 0 Å². The highest BCUT2D eigenvalue weighted by atomic mass is 16.5. The fourth-order valence-corrected chi connectivity index (χ4v) is 3.51. The molecular formula is C22H27N3O3. The van der Waals surface area contributed by atoms with Crippen molar-refractivity contribution in [3.8, 4) is 11.1 Å². The second-order valence-corrected chi connectivity index (χ2v) is 8.30. The summed E-state index contributed by atoms with van der Waals surface area (Å²) in [6.07, 6.45) is 3.80. The first kappa shape index (κ1) is 20.0. The predicted octanol–water partition coefficient (Wildman–Crippen LogP) is 2.42. The molecule has 1 aliphatic rings. The number of carbonyl (C=O) groups is 2. The van der Waals surface area contributed by atoms with Gasteiger partial charge in [0.25, 0.3) is 5.91 Å². The van der Waals surface area contributed by atoms with Gasteiger partial charge in [-0.15, -0.1) is 0 Å². The summed E-state index contributed by atoms with van der Waals surface area (Å²) in [5.41, 5.74) is 7.00. The Labute approximate surface area is 165 Å². The summed E-state index contributed by atoms with van der Waals surface area (Å²) in [5, 5.41) is 0. The molecular weight excluding hydrogens is 354 g/mol. The molecule has 1 saturated heterocycles. The molecule has 1 atom stereocenters. The van der Waals surface area contributed by atoms with E-state index < -0.39 is 16.9 Å². The van der Waals surface area contributed by atoms with Crippen molar-refractivity contribution in [2.45, 2.75) is 32.8 Å². The van der Waals surface area contributed by atoms with Gasteiger partial charge in [0.2, 0.25) is 5.91 Å². The van der Waals surface area contributed by atoms with E-state index in [4.69, 9.17) is 10.5 Å². The van der Waals surface area contributed by atoms with Crippen LogP contribution in [0.3, 0.4) is 0 Å². The van der Waals surface area contributed by atoms with E-state index in [2.05, 4.69) is 4.98 Å². The molecule has 0 aliphatic carbocycles. The highest BCUT2D eigenvalue weighted by Gasteiger charge is 2.45. The van der Waals surface area contributed by atoms with Crippen molar-refractivity contribution in [3.05, 3.63) is 54.4 Å². The van der Waals surface area contributed by atoms with E-state index in [1.807, 2.05) is 57.2 Å². The molecule has 0 saturated carbocycles. The van der Waals surface area contributed by atoms with Crippen LogP contribution in [0.2, 0.25) is 0 Å². The zero-order valence-corrected chi connectivity index (χ0v) is 16.6. The lowest BCUT2D eigenvalue weighted by Crippen LogP contribution is -2.62. The maximum absolute atomic E-state index is 12.7. The van der Waals surface area contributed by atoms with Gasteiger partial charge < -0.3 is 15.4 Å². The highest BCUT2D eigenvalue weighted by molar-refractivity contribution is 5.87. The van der Waals surface area contributed by atoms with Gasteiger partial charge in [0.05, 0.1) is 13.2 Å². The molecule has 148 valence electrons. The van der Waals surface area contributed by atoms with Gasteiger partial charge in [-0.05, 0) is 28.8 Å². The standard InChI is InChI=1S/C22H27N3O3/c1-21(2,3)20(27)25-11-12-28-22(15-25,19(23)26)14-16-5-4-6-18(13-16)17-7-9-24-10-8-17/h4-10,13H,11-12,14-15H2,1-3H3,(H2,23,26). The molecule has 2 aromatic rings. The monoisotopic (exact) mass is 381 g/mol. The summed E-state index contributed by atoms with van der Waals surface area (Å²) < 4.78 is 5.89. The Morgan fingerprint density at radius 3 is 2.54 bits per heavy atom. The third-order valence-corrected chi connectivity index (χ3v) is 4.99. The summed E-state index contributed by atoms with van der Waals surface area (Å²) in [4.78, 5) is 30.9. The summed E-state index contributed by atoms with van der Waals surface area (Å²) in [6.45, 7) is 6.52. The molecule has 1 unspecified atom stereocenters. The van der Waals surface area contributed by atoms with Crippen molar-refractivity contribution in [2.24, 2.45) is 11.1 Å². The number of rotatable bonds is 4. The van der Waals surface area contributed by atoms with Crippen LogP contribution in [0.4, 0.5) is 0 Å². The lowest BCUT2D eigenvalue weighted by atomic mass is 9.88. The van der Waals surface area contributed by atoms with Crippen LogP contribution in [0.5, 0.6) is 0 Å². The van der Waals surface area contributed by atoms with Gasteiger partial charge in [-0.2, -0.15) is 0 Å². The molecule has 3 rings (SSSR count). The van der Waals surface area contributed by atoms with E-state index in [1.54, 1.807) is 17.3 Å². The van der Waals surface area contributed by atoms with Gasteiger partial charge in [-0.3, -0.25) is 14.6 Å². The second-order valence-electron chi connectivity index (χ2n) is 8.30. The fourth-order valence-electron chi connectivity index (χ4n) is 3.51. The first-order chi connectivity index (χ1) is 13.2. The zero-order valence-electron chi connectivity index (χ0n) is 16.6. The molecule has 2 amide bonds. The number of hydrogen-bond donors (Lipinski definition) is 1. The Morgan fingerprint density at radius 1 is 1.18 bits per heavy atom. The normalized spacial score (nSPS) is 20.0. The van der Waals surface area contributed by atoms with Gasteiger partial charge in [0, 0.05) is 30.8 Å². The van der Waals surface area contributed by atoms with Crippen LogP contribution in [0.25, 0.3) is 11.1 Å². The van der Waals surface area contributed by atoms with E-state index in [0.29, 0.717) is 13.0 Å². The van der Waals surface area contributed by atoms with E-state index >= 15 is 0 Å². The molecule has 1 fully saturated rings. The van der Waals surface area contributed by atoms with Crippen LogP contribution in [0.15, 0.2) is 48.8 Å². The maximum atomic E-state index is 12.7. The Morgan fingerprint density at radius 2 is 1.89 bits per heavy atom. The van der Waals surface area contributed by atoms with Crippen molar-refractivity contribution in [1.82, 2.24) is 9.88 Å². The van der Waals surface area contributed by atoms with E-state index in [1.165, 1.54) is 0 Å². The van der Waals surface area contributed by atoms with Gasteiger partial charge in [-0.25, -0.2) is 0 Å². The molecule has 2 N–H and O–H groups in total. The minimum absolute atomic E-state index is 0.00744. The first-order valence-corrected chi connectivity index (χ1v) is 9.44.